The highest BCUT2D eigenvalue weighted by atomic mass is 32.2. The molecule has 0 saturated carbocycles. The van der Waals surface area contributed by atoms with Gasteiger partial charge in [0.25, 0.3) is 0 Å². The first-order chi connectivity index (χ1) is 6.41. The van der Waals surface area contributed by atoms with Gasteiger partial charge in [-0.05, 0) is 38.3 Å². The molecule has 0 aromatic heterocycles. The van der Waals surface area contributed by atoms with E-state index < -0.39 is 0 Å². The predicted molar refractivity (Wildman–Crippen MR) is 64.5 cm³/mol. The van der Waals surface area contributed by atoms with Gasteiger partial charge in [-0.3, -0.25) is 0 Å². The van der Waals surface area contributed by atoms with E-state index in [1.54, 1.807) is 0 Å². The van der Waals surface area contributed by atoms with Crippen molar-refractivity contribution in [2.45, 2.75) is 32.6 Å². The molecule has 78 valence electrons. The van der Waals surface area contributed by atoms with Crippen molar-refractivity contribution in [1.82, 2.24) is 5.32 Å². The number of allylic oxidation sites excluding steroid dienone is 1. The lowest BCUT2D eigenvalue weighted by atomic mass is 10.2. The molecular formula is C11H23NS. The van der Waals surface area contributed by atoms with Crippen LogP contribution in [0, 0.1) is 0 Å². The Bertz CT molecular complexity index is 113. The molecule has 0 atom stereocenters. The van der Waals surface area contributed by atoms with E-state index in [0.29, 0.717) is 0 Å². The van der Waals surface area contributed by atoms with Crippen LogP contribution in [-0.4, -0.2) is 25.1 Å². The summed E-state index contributed by atoms with van der Waals surface area (Å²) in [6, 6.07) is 0. The maximum atomic E-state index is 3.39. The molecule has 0 saturated heterocycles. The highest BCUT2D eigenvalue weighted by Gasteiger charge is 1.88. The van der Waals surface area contributed by atoms with E-state index in [1.165, 1.54) is 38.0 Å². The zero-order valence-corrected chi connectivity index (χ0v) is 9.83. The lowest BCUT2D eigenvalue weighted by Crippen LogP contribution is -2.14. The average molecular weight is 201 g/mol. The van der Waals surface area contributed by atoms with Gasteiger partial charge in [-0.2, -0.15) is 11.8 Å². The molecule has 1 N–H and O–H groups in total. The summed E-state index contributed by atoms with van der Waals surface area (Å²) in [5, 5.41) is 3.39. The summed E-state index contributed by atoms with van der Waals surface area (Å²) in [5.41, 5.74) is 0. The van der Waals surface area contributed by atoms with Crippen molar-refractivity contribution in [3.63, 3.8) is 0 Å². The van der Waals surface area contributed by atoms with Gasteiger partial charge in [0.15, 0.2) is 0 Å². The second kappa shape index (κ2) is 12.0. The Morgan fingerprint density at radius 1 is 1.15 bits per heavy atom. The van der Waals surface area contributed by atoms with Gasteiger partial charge in [-0.15, -0.1) is 0 Å². The molecule has 0 aromatic carbocycles. The molecule has 0 bridgehead atoms. The van der Waals surface area contributed by atoms with Gasteiger partial charge in [-0.1, -0.05) is 25.0 Å². The smallest absolute Gasteiger partial charge is 0.0134 e. The molecule has 2 heteroatoms. The van der Waals surface area contributed by atoms with Crippen molar-refractivity contribution in [2.24, 2.45) is 0 Å². The summed E-state index contributed by atoms with van der Waals surface area (Å²) >= 11 is 1.95. The van der Waals surface area contributed by atoms with Crippen LogP contribution in [0.5, 0.6) is 0 Å². The topological polar surface area (TPSA) is 12.0 Å². The molecule has 1 nitrogen and oxygen atoms in total. The normalized spacial score (nSPS) is 11.2. The Morgan fingerprint density at radius 2 is 1.92 bits per heavy atom. The van der Waals surface area contributed by atoms with Crippen LogP contribution in [-0.2, 0) is 0 Å². The minimum absolute atomic E-state index is 1.03. The van der Waals surface area contributed by atoms with E-state index >= 15 is 0 Å². The lowest BCUT2D eigenvalue weighted by Gasteiger charge is -2.01. The molecule has 0 heterocycles. The molecule has 0 amide bonds. The second-order valence-corrected chi connectivity index (χ2v) is 4.17. The molecule has 13 heavy (non-hydrogen) atoms. The van der Waals surface area contributed by atoms with Gasteiger partial charge in [-0.25, -0.2) is 0 Å². The van der Waals surface area contributed by atoms with E-state index in [0.717, 1.165) is 6.54 Å². The third-order valence-corrected chi connectivity index (χ3v) is 2.65. The van der Waals surface area contributed by atoms with E-state index in [-0.39, 0.29) is 0 Å². The monoisotopic (exact) mass is 201 g/mol. The molecule has 0 fully saturated rings. The van der Waals surface area contributed by atoms with Crippen LogP contribution in [0.2, 0.25) is 0 Å². The summed E-state index contributed by atoms with van der Waals surface area (Å²) in [7, 11) is 0. The predicted octanol–water partition coefficient (Wildman–Crippen LogP) is 3.08. The summed E-state index contributed by atoms with van der Waals surface area (Å²) in [6.07, 6.45) is 11.9. The van der Waals surface area contributed by atoms with Crippen molar-refractivity contribution in [2.75, 3.05) is 25.1 Å². The van der Waals surface area contributed by atoms with E-state index in [2.05, 4.69) is 30.6 Å². The third-order valence-electron chi connectivity index (χ3n) is 1.95. The van der Waals surface area contributed by atoms with Crippen LogP contribution in [0.1, 0.15) is 32.6 Å². The summed E-state index contributed by atoms with van der Waals surface area (Å²) < 4.78 is 0. The molecular weight excluding hydrogens is 178 g/mol. The molecule has 0 aliphatic carbocycles. The lowest BCUT2D eigenvalue weighted by molar-refractivity contribution is 0.622. The number of rotatable bonds is 9. The number of unbranched alkanes of at least 4 members (excludes halogenated alkanes) is 3. The van der Waals surface area contributed by atoms with Gasteiger partial charge < -0.3 is 5.32 Å². The van der Waals surface area contributed by atoms with E-state index in [1.807, 2.05) is 11.8 Å². The molecule has 0 aliphatic rings. The third kappa shape index (κ3) is 12.1. The van der Waals surface area contributed by atoms with Crippen LogP contribution in [0.3, 0.4) is 0 Å². The Kier molecular flexibility index (Phi) is 12.1. The zero-order chi connectivity index (χ0) is 9.78. The molecule has 0 radical (unpaired) electrons. The minimum Gasteiger partial charge on any atom is -0.313 e. The number of hydrogen-bond donors (Lipinski definition) is 1. The van der Waals surface area contributed by atoms with Crippen molar-refractivity contribution in [3.8, 4) is 0 Å². The van der Waals surface area contributed by atoms with E-state index in [9.17, 15) is 0 Å². The highest BCUT2D eigenvalue weighted by Crippen LogP contribution is 2.03. The fourth-order valence-electron chi connectivity index (χ4n) is 1.15. The van der Waals surface area contributed by atoms with Gasteiger partial charge in [0.05, 0.1) is 0 Å². The number of thioether (sulfide) groups is 1. The largest absolute Gasteiger partial charge is 0.313 e. The molecule has 0 aliphatic heterocycles. The van der Waals surface area contributed by atoms with Crippen molar-refractivity contribution >= 4 is 11.8 Å². The van der Waals surface area contributed by atoms with Crippen LogP contribution >= 0.6 is 11.8 Å². The Labute approximate surface area is 87.4 Å². The van der Waals surface area contributed by atoms with Crippen LogP contribution in [0.4, 0.5) is 0 Å². The Morgan fingerprint density at radius 3 is 2.62 bits per heavy atom. The Hall–Kier alpha value is 0.0500. The number of hydrogen-bond acceptors (Lipinski definition) is 2. The summed E-state index contributed by atoms with van der Waals surface area (Å²) in [6.45, 7) is 4.26. The van der Waals surface area contributed by atoms with Crippen molar-refractivity contribution < 1.29 is 0 Å². The number of nitrogens with one attached hydrogen (secondary N) is 1. The van der Waals surface area contributed by atoms with Crippen molar-refractivity contribution in [3.05, 3.63) is 12.2 Å². The van der Waals surface area contributed by atoms with Gasteiger partial charge >= 0.3 is 0 Å². The SMILES string of the molecule is C/C=C/CNCCCCCCSC. The molecule has 0 aromatic rings. The molecule has 0 unspecified atom stereocenters. The fraction of sp³-hybridized carbons (Fsp3) is 0.818. The maximum Gasteiger partial charge on any atom is 0.0134 e. The Balaban J connectivity index is 2.83. The summed E-state index contributed by atoms with van der Waals surface area (Å²) in [5.74, 6) is 1.33. The van der Waals surface area contributed by atoms with Gasteiger partial charge in [0.1, 0.15) is 0 Å². The first-order valence-corrected chi connectivity index (χ1v) is 6.62. The quantitative estimate of drug-likeness (QED) is 0.454. The van der Waals surface area contributed by atoms with Gasteiger partial charge in [0, 0.05) is 6.54 Å². The van der Waals surface area contributed by atoms with Crippen LogP contribution in [0.15, 0.2) is 12.2 Å². The zero-order valence-electron chi connectivity index (χ0n) is 9.01. The molecule has 0 rings (SSSR count). The fourth-order valence-corrected chi connectivity index (χ4v) is 1.65. The molecule has 0 spiro atoms. The summed E-state index contributed by atoms with van der Waals surface area (Å²) in [4.78, 5) is 0. The average Bonchev–Trinajstić information content (AvgIpc) is 2.16. The van der Waals surface area contributed by atoms with Crippen LogP contribution in [0.25, 0.3) is 0 Å². The van der Waals surface area contributed by atoms with Crippen molar-refractivity contribution in [1.29, 1.82) is 0 Å². The maximum absolute atomic E-state index is 3.39. The highest BCUT2D eigenvalue weighted by molar-refractivity contribution is 7.98. The van der Waals surface area contributed by atoms with E-state index in [4.69, 9.17) is 0 Å². The minimum atomic E-state index is 1.03. The second-order valence-electron chi connectivity index (χ2n) is 3.18. The van der Waals surface area contributed by atoms with Crippen LogP contribution < -0.4 is 5.32 Å². The first kappa shape index (κ1) is 13.1. The van der Waals surface area contributed by atoms with Gasteiger partial charge in [0.2, 0.25) is 0 Å². The first-order valence-electron chi connectivity index (χ1n) is 5.22. The standard InChI is InChI=1S/C11H23NS/c1-3-4-9-12-10-7-5-6-8-11-13-2/h3-4,12H,5-11H2,1-2H3/b4-3+.